The van der Waals surface area contributed by atoms with Crippen LogP contribution in [0.1, 0.15) is 27.7 Å². The van der Waals surface area contributed by atoms with Crippen LogP contribution in [0.4, 0.5) is 0 Å². The first-order valence-electron chi connectivity index (χ1n) is 12.5. The van der Waals surface area contributed by atoms with Gasteiger partial charge in [-0.3, -0.25) is 4.79 Å². The lowest BCUT2D eigenvalue weighted by atomic mass is 9.97. The lowest BCUT2D eigenvalue weighted by molar-refractivity contribution is -0.249. The van der Waals surface area contributed by atoms with Gasteiger partial charge in [-0.2, -0.15) is 0 Å². The minimum absolute atomic E-state index is 0.0594. The van der Waals surface area contributed by atoms with E-state index in [1.165, 1.54) is 6.92 Å². The van der Waals surface area contributed by atoms with Gasteiger partial charge in [0.25, 0.3) is 8.32 Å². The Bertz CT molecular complexity index is 953. The maximum Gasteiger partial charge on any atom is 0.261 e. The number of benzene rings is 2. The van der Waals surface area contributed by atoms with E-state index in [2.05, 4.69) is 50.4 Å². The molecule has 1 aliphatic rings. The third-order valence-electron chi connectivity index (χ3n) is 6.43. The van der Waals surface area contributed by atoms with Crippen molar-refractivity contribution >= 4 is 32.9 Å². The number of hydrogen-bond acceptors (Lipinski definition) is 6. The van der Waals surface area contributed by atoms with E-state index in [0.29, 0.717) is 0 Å². The van der Waals surface area contributed by atoms with Crippen LogP contribution in [0, 0.1) is 0 Å². The van der Waals surface area contributed by atoms with Crippen molar-refractivity contribution in [2.24, 2.45) is 0 Å². The number of nitrogens with one attached hydrogen (secondary N) is 1. The highest BCUT2D eigenvalue weighted by molar-refractivity contribution is 6.99. The first-order valence-corrected chi connectivity index (χ1v) is 17.8. The number of ether oxygens (including phenoxy) is 1. The summed E-state index contributed by atoms with van der Waals surface area (Å²) in [4.78, 5) is 11.8. The zero-order valence-corrected chi connectivity index (χ0v) is 24.4. The molecule has 1 aliphatic heterocycles. The van der Waals surface area contributed by atoms with E-state index in [1.54, 1.807) is 0 Å². The third-order valence-corrected chi connectivity index (χ3v) is 12.4. The van der Waals surface area contributed by atoms with E-state index in [-0.39, 0.29) is 17.6 Å². The zero-order valence-electron chi connectivity index (χ0n) is 22.4. The molecule has 9 heteroatoms. The van der Waals surface area contributed by atoms with E-state index in [0.717, 1.165) is 10.4 Å². The Labute approximate surface area is 217 Å². The maximum absolute atomic E-state index is 11.8. The van der Waals surface area contributed by atoms with Crippen LogP contribution in [0.15, 0.2) is 60.7 Å². The van der Waals surface area contributed by atoms with Crippen molar-refractivity contribution in [3.05, 3.63) is 60.7 Å². The van der Waals surface area contributed by atoms with E-state index >= 15 is 0 Å². The first-order chi connectivity index (χ1) is 16.8. The smallest absolute Gasteiger partial charge is 0.261 e. The fourth-order valence-electron chi connectivity index (χ4n) is 4.98. The van der Waals surface area contributed by atoms with Crippen LogP contribution >= 0.6 is 0 Å². The zero-order chi connectivity index (χ0) is 26.7. The highest BCUT2D eigenvalue weighted by atomic mass is 28.4. The SMILES string of the molecule is CC(=O)N[C@@H]1[C@@H](O[Si](C)(C)C)[C@H](O)[C@@H](CO[Si](c2ccccc2)(c2ccccc2)C(C)(C)C)O[C@H]1O. The minimum atomic E-state index is -2.87. The first kappa shape index (κ1) is 28.7. The van der Waals surface area contributed by atoms with E-state index in [4.69, 9.17) is 13.6 Å². The van der Waals surface area contributed by atoms with Gasteiger partial charge < -0.3 is 29.1 Å². The van der Waals surface area contributed by atoms with Gasteiger partial charge in [0.1, 0.15) is 18.2 Å². The van der Waals surface area contributed by atoms with Crippen LogP contribution in [-0.4, -0.2) is 70.0 Å². The Balaban J connectivity index is 1.98. The number of carbonyl (C=O) groups excluding carboxylic acids is 1. The Morgan fingerprint density at radius 2 is 1.47 bits per heavy atom. The monoisotopic (exact) mass is 531 g/mol. The van der Waals surface area contributed by atoms with Crippen LogP contribution in [0.5, 0.6) is 0 Å². The molecule has 5 atom stereocenters. The van der Waals surface area contributed by atoms with E-state index in [9.17, 15) is 15.0 Å². The predicted octanol–water partition coefficient (Wildman–Crippen LogP) is 2.37. The van der Waals surface area contributed by atoms with Crippen LogP contribution < -0.4 is 15.7 Å². The fourth-order valence-corrected chi connectivity index (χ4v) is 10.6. The topological polar surface area (TPSA) is 97.3 Å². The molecule has 36 heavy (non-hydrogen) atoms. The molecule has 0 aliphatic carbocycles. The molecule has 0 radical (unpaired) electrons. The Hall–Kier alpha value is -1.86. The molecule has 0 unspecified atom stereocenters. The lowest BCUT2D eigenvalue weighted by Gasteiger charge is -2.47. The van der Waals surface area contributed by atoms with Crippen molar-refractivity contribution in [3.8, 4) is 0 Å². The maximum atomic E-state index is 11.8. The Kier molecular flexibility index (Phi) is 8.98. The molecule has 1 amide bonds. The van der Waals surface area contributed by atoms with Gasteiger partial charge in [-0.1, -0.05) is 81.4 Å². The summed E-state index contributed by atoms with van der Waals surface area (Å²) in [6.45, 7) is 14.0. The molecular formula is C27H41NO6Si2. The van der Waals surface area contributed by atoms with Crippen LogP contribution in [0.2, 0.25) is 24.7 Å². The molecule has 198 valence electrons. The van der Waals surface area contributed by atoms with Gasteiger partial charge in [0.15, 0.2) is 14.6 Å². The minimum Gasteiger partial charge on any atom is -0.410 e. The lowest BCUT2D eigenvalue weighted by Crippen LogP contribution is -2.69. The van der Waals surface area contributed by atoms with Crippen LogP contribution in [0.3, 0.4) is 0 Å². The second-order valence-electron chi connectivity index (χ2n) is 11.5. The second kappa shape index (κ2) is 11.3. The predicted molar refractivity (Wildman–Crippen MR) is 146 cm³/mol. The number of carbonyl (C=O) groups is 1. The molecule has 1 saturated heterocycles. The summed E-state index contributed by atoms with van der Waals surface area (Å²) in [5.41, 5.74) is 0. The molecule has 0 bridgehead atoms. The average Bonchev–Trinajstić information content (AvgIpc) is 2.79. The van der Waals surface area contributed by atoms with Crippen LogP contribution in [0.25, 0.3) is 0 Å². The molecule has 7 nitrogen and oxygen atoms in total. The summed E-state index contributed by atoms with van der Waals surface area (Å²) in [6.07, 6.45) is -4.10. The van der Waals surface area contributed by atoms with Gasteiger partial charge in [0, 0.05) is 6.92 Å². The summed E-state index contributed by atoms with van der Waals surface area (Å²) in [7, 11) is -5.01. The van der Waals surface area contributed by atoms with E-state index in [1.807, 2.05) is 56.0 Å². The Morgan fingerprint density at radius 1 is 0.972 bits per heavy atom. The molecule has 0 spiro atoms. The van der Waals surface area contributed by atoms with Gasteiger partial charge in [0.05, 0.1) is 12.7 Å². The number of aliphatic hydroxyl groups excluding tert-OH is 2. The molecule has 2 aromatic rings. The molecule has 1 fully saturated rings. The van der Waals surface area contributed by atoms with Crippen molar-refractivity contribution in [1.82, 2.24) is 5.32 Å². The van der Waals surface area contributed by atoms with Crippen molar-refractivity contribution in [1.29, 1.82) is 0 Å². The number of hydrogen-bond donors (Lipinski definition) is 3. The van der Waals surface area contributed by atoms with Crippen molar-refractivity contribution in [2.45, 2.75) is 83.0 Å². The number of amides is 1. The van der Waals surface area contributed by atoms with Gasteiger partial charge in [-0.25, -0.2) is 0 Å². The van der Waals surface area contributed by atoms with Gasteiger partial charge >= 0.3 is 0 Å². The average molecular weight is 532 g/mol. The Morgan fingerprint density at radius 3 is 1.89 bits per heavy atom. The normalized spacial score (nSPS) is 25.4. The molecule has 3 N–H and O–H groups in total. The highest BCUT2D eigenvalue weighted by Gasteiger charge is 2.53. The molecule has 0 saturated carbocycles. The third kappa shape index (κ3) is 6.34. The standard InChI is InChI=1S/C27H41NO6Si2/c1-19(29)28-23-25(34-35(5,6)7)24(30)22(33-26(23)31)18-32-36(27(2,3)4,20-14-10-8-11-15-20)21-16-12-9-13-17-21/h8-17,22-26,30-31H,18H2,1-7H3,(H,28,29)/t22-,23-,24-,25-,26-/m1/s1. The highest BCUT2D eigenvalue weighted by Crippen LogP contribution is 2.37. The largest absolute Gasteiger partial charge is 0.410 e. The summed E-state index contributed by atoms with van der Waals surface area (Å²) >= 11 is 0. The summed E-state index contributed by atoms with van der Waals surface area (Å²) in [5, 5.41) is 26.9. The molecule has 0 aromatic heterocycles. The molecule has 3 rings (SSSR count). The van der Waals surface area contributed by atoms with Gasteiger partial charge in [0.2, 0.25) is 5.91 Å². The summed E-state index contributed by atoms with van der Waals surface area (Å²) in [6, 6.07) is 19.5. The molecule has 1 heterocycles. The van der Waals surface area contributed by atoms with Crippen molar-refractivity contribution < 1.29 is 28.6 Å². The summed E-state index contributed by atoms with van der Waals surface area (Å²) in [5.74, 6) is -0.332. The fraction of sp³-hybridized carbons (Fsp3) is 0.519. The van der Waals surface area contributed by atoms with E-state index < -0.39 is 47.3 Å². The quantitative estimate of drug-likeness (QED) is 0.453. The van der Waals surface area contributed by atoms with Crippen molar-refractivity contribution in [3.63, 3.8) is 0 Å². The van der Waals surface area contributed by atoms with Gasteiger partial charge in [-0.05, 0) is 35.1 Å². The van der Waals surface area contributed by atoms with Crippen LogP contribution in [-0.2, 0) is 18.4 Å². The number of aliphatic hydroxyl groups is 2. The number of rotatable bonds is 8. The summed E-state index contributed by atoms with van der Waals surface area (Å²) < 4.78 is 19.1. The molecular weight excluding hydrogens is 490 g/mol. The molecule has 2 aromatic carbocycles. The van der Waals surface area contributed by atoms with Crippen molar-refractivity contribution in [2.75, 3.05) is 6.61 Å². The second-order valence-corrected chi connectivity index (χ2v) is 20.2. The van der Waals surface area contributed by atoms with Gasteiger partial charge in [-0.15, -0.1) is 0 Å².